The number of allylic oxidation sites excluding steroid dienone is 4. The average molecular weight is 204 g/mol. The fourth-order valence-corrected chi connectivity index (χ4v) is 2.64. The molecule has 2 aliphatic rings. The van der Waals surface area contributed by atoms with Crippen LogP contribution in [0.4, 0.5) is 0 Å². The number of hydrogen-bond donors (Lipinski definition) is 0. The summed E-state index contributed by atoms with van der Waals surface area (Å²) >= 11 is 0. The van der Waals surface area contributed by atoms with E-state index in [-0.39, 0.29) is 0 Å². The maximum absolute atomic E-state index is 11.7. The minimum absolute atomic E-state index is 0.380. The molecular weight excluding hydrogens is 184 g/mol. The Morgan fingerprint density at radius 3 is 2.60 bits per heavy atom. The van der Waals surface area contributed by atoms with Gasteiger partial charge < -0.3 is 0 Å². The van der Waals surface area contributed by atoms with E-state index >= 15 is 0 Å². The Hall–Kier alpha value is -0.850. The second-order valence-electron chi connectivity index (χ2n) is 4.71. The number of ketones is 1. The first-order chi connectivity index (χ1) is 7.31. The summed E-state index contributed by atoms with van der Waals surface area (Å²) in [6, 6.07) is 0. The van der Waals surface area contributed by atoms with E-state index < -0.39 is 0 Å². The molecule has 2 aliphatic carbocycles. The van der Waals surface area contributed by atoms with Crippen LogP contribution in [0.15, 0.2) is 22.8 Å². The van der Waals surface area contributed by atoms with Crippen molar-refractivity contribution >= 4 is 5.78 Å². The molecule has 15 heavy (non-hydrogen) atoms. The van der Waals surface area contributed by atoms with Gasteiger partial charge >= 0.3 is 0 Å². The van der Waals surface area contributed by atoms with Gasteiger partial charge in [0.15, 0.2) is 5.78 Å². The smallest absolute Gasteiger partial charge is 0.163 e. The second-order valence-corrected chi connectivity index (χ2v) is 4.71. The van der Waals surface area contributed by atoms with Gasteiger partial charge in [-0.15, -0.1) is 0 Å². The fraction of sp³-hybridized carbons (Fsp3) is 0.643. The second kappa shape index (κ2) is 4.78. The van der Waals surface area contributed by atoms with Gasteiger partial charge in [0.05, 0.1) is 0 Å². The van der Waals surface area contributed by atoms with Crippen molar-refractivity contribution in [2.75, 3.05) is 0 Å². The number of rotatable bonds is 2. The Labute approximate surface area is 92.3 Å². The molecule has 0 aromatic heterocycles. The minimum Gasteiger partial charge on any atom is -0.294 e. The number of Topliss-reactive ketones (excluding diaryl/α,β-unsaturated/α-hetero) is 1. The first kappa shape index (κ1) is 10.7. The van der Waals surface area contributed by atoms with E-state index in [1.165, 1.54) is 37.7 Å². The van der Waals surface area contributed by atoms with Gasteiger partial charge in [-0.2, -0.15) is 0 Å². The van der Waals surface area contributed by atoms with E-state index in [9.17, 15) is 4.79 Å². The van der Waals surface area contributed by atoms with Crippen LogP contribution in [0.3, 0.4) is 0 Å². The molecule has 0 atom stereocenters. The highest BCUT2D eigenvalue weighted by Gasteiger charge is 2.21. The number of hydrogen-bond acceptors (Lipinski definition) is 1. The molecule has 1 heteroatoms. The van der Waals surface area contributed by atoms with Gasteiger partial charge in [-0.05, 0) is 43.3 Å². The molecular formula is C14H20O. The third-order valence-corrected chi connectivity index (χ3v) is 3.49. The monoisotopic (exact) mass is 204 g/mol. The maximum Gasteiger partial charge on any atom is 0.163 e. The molecule has 0 bridgehead atoms. The molecule has 0 saturated heterocycles. The number of carbonyl (C=O) groups excluding carboxylic acids is 1. The zero-order valence-corrected chi connectivity index (χ0v) is 9.64. The summed E-state index contributed by atoms with van der Waals surface area (Å²) in [6.07, 6.45) is 11.4. The summed E-state index contributed by atoms with van der Waals surface area (Å²) in [4.78, 5) is 11.7. The van der Waals surface area contributed by atoms with E-state index in [1.807, 2.05) is 0 Å². The Morgan fingerprint density at radius 2 is 1.93 bits per heavy atom. The highest BCUT2D eigenvalue weighted by atomic mass is 16.1. The van der Waals surface area contributed by atoms with Crippen LogP contribution in [-0.4, -0.2) is 5.78 Å². The maximum atomic E-state index is 11.7. The minimum atomic E-state index is 0.380. The largest absolute Gasteiger partial charge is 0.294 e. The molecule has 82 valence electrons. The van der Waals surface area contributed by atoms with Gasteiger partial charge in [0.1, 0.15) is 0 Å². The van der Waals surface area contributed by atoms with Crippen LogP contribution >= 0.6 is 0 Å². The fourth-order valence-electron chi connectivity index (χ4n) is 2.64. The third kappa shape index (κ3) is 2.39. The molecule has 1 fully saturated rings. The summed E-state index contributed by atoms with van der Waals surface area (Å²) in [5.41, 5.74) is 4.01. The molecule has 2 rings (SSSR count). The van der Waals surface area contributed by atoms with Crippen LogP contribution < -0.4 is 0 Å². The van der Waals surface area contributed by atoms with Gasteiger partial charge in [0.25, 0.3) is 0 Å². The van der Waals surface area contributed by atoms with Crippen molar-refractivity contribution in [2.45, 2.75) is 58.3 Å². The topological polar surface area (TPSA) is 17.1 Å². The Morgan fingerprint density at radius 1 is 1.20 bits per heavy atom. The third-order valence-electron chi connectivity index (χ3n) is 3.49. The van der Waals surface area contributed by atoms with Crippen molar-refractivity contribution in [3.8, 4) is 0 Å². The first-order valence-corrected chi connectivity index (χ1v) is 6.26. The molecule has 0 aliphatic heterocycles. The quantitative estimate of drug-likeness (QED) is 0.665. The molecule has 0 unspecified atom stereocenters. The molecule has 0 aromatic rings. The van der Waals surface area contributed by atoms with Crippen LogP contribution in [0.25, 0.3) is 0 Å². The van der Waals surface area contributed by atoms with Crippen LogP contribution in [0.1, 0.15) is 58.3 Å². The Balaban J connectivity index is 2.14. The van der Waals surface area contributed by atoms with Crippen molar-refractivity contribution in [2.24, 2.45) is 0 Å². The highest BCUT2D eigenvalue weighted by Crippen LogP contribution is 2.32. The predicted molar refractivity (Wildman–Crippen MR) is 62.7 cm³/mol. The van der Waals surface area contributed by atoms with Gasteiger partial charge in [-0.1, -0.05) is 31.4 Å². The molecule has 0 amide bonds. The van der Waals surface area contributed by atoms with Gasteiger partial charge in [-0.3, -0.25) is 4.79 Å². The lowest BCUT2D eigenvalue weighted by Gasteiger charge is -2.15. The molecule has 0 spiro atoms. The zero-order valence-electron chi connectivity index (χ0n) is 9.64. The molecule has 1 saturated carbocycles. The van der Waals surface area contributed by atoms with E-state index in [0.29, 0.717) is 12.2 Å². The summed E-state index contributed by atoms with van der Waals surface area (Å²) in [5, 5.41) is 0. The molecule has 0 N–H and O–H groups in total. The highest BCUT2D eigenvalue weighted by molar-refractivity contribution is 6.01. The number of carbonyl (C=O) groups is 1. The Bertz CT molecular complexity index is 312. The van der Waals surface area contributed by atoms with E-state index in [0.717, 1.165) is 18.4 Å². The predicted octanol–water partition coefficient (Wildman–Crippen LogP) is 3.95. The summed E-state index contributed by atoms with van der Waals surface area (Å²) in [7, 11) is 0. The van der Waals surface area contributed by atoms with Gasteiger partial charge in [0.2, 0.25) is 0 Å². The SMILES string of the molecule is CCCC1=CC(=C2CCCCC2)CC1=O. The van der Waals surface area contributed by atoms with Crippen molar-refractivity contribution in [3.05, 3.63) is 22.8 Å². The van der Waals surface area contributed by atoms with Crippen LogP contribution in [-0.2, 0) is 4.79 Å². The van der Waals surface area contributed by atoms with Crippen molar-refractivity contribution in [1.82, 2.24) is 0 Å². The lowest BCUT2D eigenvalue weighted by molar-refractivity contribution is -0.114. The molecule has 0 aromatic carbocycles. The summed E-state index contributed by atoms with van der Waals surface area (Å²) < 4.78 is 0. The van der Waals surface area contributed by atoms with E-state index in [2.05, 4.69) is 13.0 Å². The van der Waals surface area contributed by atoms with Gasteiger partial charge in [-0.25, -0.2) is 0 Å². The van der Waals surface area contributed by atoms with E-state index in [4.69, 9.17) is 0 Å². The summed E-state index contributed by atoms with van der Waals surface area (Å²) in [5.74, 6) is 0.380. The lowest BCUT2D eigenvalue weighted by Crippen LogP contribution is -1.98. The molecule has 0 heterocycles. The lowest BCUT2D eigenvalue weighted by atomic mass is 9.91. The average Bonchev–Trinajstić information content (AvgIpc) is 2.63. The van der Waals surface area contributed by atoms with Crippen molar-refractivity contribution in [1.29, 1.82) is 0 Å². The van der Waals surface area contributed by atoms with Crippen LogP contribution in [0.2, 0.25) is 0 Å². The van der Waals surface area contributed by atoms with Crippen LogP contribution in [0, 0.1) is 0 Å². The molecule has 1 nitrogen and oxygen atoms in total. The molecule has 0 radical (unpaired) electrons. The van der Waals surface area contributed by atoms with Crippen molar-refractivity contribution in [3.63, 3.8) is 0 Å². The normalized spacial score (nSPS) is 22.2. The van der Waals surface area contributed by atoms with Crippen LogP contribution in [0.5, 0.6) is 0 Å². The standard InChI is InChI=1S/C14H20O/c1-2-6-12-9-13(10-14(12)15)11-7-4-3-5-8-11/h9H,2-8,10H2,1H3. The van der Waals surface area contributed by atoms with Gasteiger partial charge in [0, 0.05) is 6.42 Å². The zero-order chi connectivity index (χ0) is 10.7. The first-order valence-electron chi connectivity index (χ1n) is 6.26. The van der Waals surface area contributed by atoms with E-state index in [1.54, 1.807) is 5.57 Å². The summed E-state index contributed by atoms with van der Waals surface area (Å²) in [6.45, 7) is 2.14. The Kier molecular flexibility index (Phi) is 3.40. The van der Waals surface area contributed by atoms with Crippen molar-refractivity contribution < 1.29 is 4.79 Å².